The van der Waals surface area contributed by atoms with Gasteiger partial charge in [-0.3, -0.25) is 14.5 Å². The van der Waals surface area contributed by atoms with Gasteiger partial charge in [0.15, 0.2) is 5.78 Å². The van der Waals surface area contributed by atoms with Crippen LogP contribution < -0.4 is 5.32 Å². The Balaban J connectivity index is 1.86. The largest absolute Gasteiger partial charge is 0.465 e. The van der Waals surface area contributed by atoms with Gasteiger partial charge in [-0.25, -0.2) is 4.79 Å². The highest BCUT2D eigenvalue weighted by molar-refractivity contribution is 6.03. The third kappa shape index (κ3) is 6.40. The van der Waals surface area contributed by atoms with Gasteiger partial charge < -0.3 is 19.8 Å². The number of hydrogen-bond acceptors (Lipinski definition) is 6. The number of ether oxygens (including phenoxy) is 2. The third-order valence-electron chi connectivity index (χ3n) is 5.97. The number of carbonyl (C=O) groups excluding carboxylic acids is 3. The van der Waals surface area contributed by atoms with Gasteiger partial charge in [0.05, 0.1) is 30.5 Å². The summed E-state index contributed by atoms with van der Waals surface area (Å²) in [5.74, 6) is -0.434. The number of nitrogens with one attached hydrogen (secondary N) is 2. The van der Waals surface area contributed by atoms with E-state index in [0.29, 0.717) is 48.8 Å². The summed E-state index contributed by atoms with van der Waals surface area (Å²) in [6, 6.07) is -0.334. The van der Waals surface area contributed by atoms with E-state index in [1.165, 1.54) is 7.11 Å². The molecule has 0 saturated carbocycles. The first-order valence-corrected chi connectivity index (χ1v) is 11.1. The van der Waals surface area contributed by atoms with E-state index < -0.39 is 5.97 Å². The molecule has 1 aliphatic rings. The maximum Gasteiger partial charge on any atom is 0.339 e. The molecule has 174 valence electrons. The van der Waals surface area contributed by atoms with Gasteiger partial charge in [0, 0.05) is 24.8 Å². The van der Waals surface area contributed by atoms with E-state index in [-0.39, 0.29) is 29.8 Å². The summed E-state index contributed by atoms with van der Waals surface area (Å²) in [6.45, 7) is 12.0. The summed E-state index contributed by atoms with van der Waals surface area (Å²) in [6.07, 6.45) is 2.46. The van der Waals surface area contributed by atoms with Crippen molar-refractivity contribution in [3.8, 4) is 0 Å². The highest BCUT2D eigenvalue weighted by atomic mass is 16.5. The number of methoxy groups -OCH3 is 1. The van der Waals surface area contributed by atoms with E-state index >= 15 is 0 Å². The SMILES string of the molecule is COC(=O)c1c(C)[nH]c(C(=O)C(C)N2CCC(C(=O)NCCCOC(C)C)CC2)c1C. The van der Waals surface area contributed by atoms with Crippen molar-refractivity contribution >= 4 is 17.7 Å². The molecule has 2 heterocycles. The number of aromatic nitrogens is 1. The fourth-order valence-electron chi connectivity index (χ4n) is 4.08. The van der Waals surface area contributed by atoms with E-state index in [1.807, 2.05) is 20.8 Å². The van der Waals surface area contributed by atoms with Crippen molar-refractivity contribution in [2.45, 2.75) is 66.0 Å². The van der Waals surface area contributed by atoms with E-state index in [2.05, 4.69) is 15.2 Å². The quantitative estimate of drug-likeness (QED) is 0.333. The zero-order chi connectivity index (χ0) is 23.1. The molecule has 0 radical (unpaired) electrons. The van der Waals surface area contributed by atoms with Gasteiger partial charge in [0.25, 0.3) is 0 Å². The third-order valence-corrected chi connectivity index (χ3v) is 5.97. The molecule has 1 saturated heterocycles. The van der Waals surface area contributed by atoms with Crippen molar-refractivity contribution in [2.24, 2.45) is 5.92 Å². The van der Waals surface area contributed by atoms with Gasteiger partial charge in [0.1, 0.15) is 0 Å². The number of Topliss-reactive ketones (excluding diaryl/α,β-unsaturated/α-hetero) is 1. The molecule has 1 unspecified atom stereocenters. The Bertz CT molecular complexity index is 778. The number of aromatic amines is 1. The fourth-order valence-corrected chi connectivity index (χ4v) is 4.08. The Labute approximate surface area is 185 Å². The first-order valence-electron chi connectivity index (χ1n) is 11.1. The minimum atomic E-state index is -0.444. The molecule has 0 spiro atoms. The van der Waals surface area contributed by atoms with Crippen molar-refractivity contribution in [3.63, 3.8) is 0 Å². The first kappa shape index (κ1) is 25.1. The molecule has 2 N–H and O–H groups in total. The predicted octanol–water partition coefficient (Wildman–Crippen LogP) is 2.63. The van der Waals surface area contributed by atoms with Gasteiger partial charge >= 0.3 is 5.97 Å². The molecule has 1 aromatic rings. The molecule has 8 nitrogen and oxygen atoms in total. The van der Waals surface area contributed by atoms with Gasteiger partial charge in [-0.05, 0) is 72.5 Å². The Morgan fingerprint density at radius 3 is 2.39 bits per heavy atom. The zero-order valence-corrected chi connectivity index (χ0v) is 19.7. The smallest absolute Gasteiger partial charge is 0.339 e. The van der Waals surface area contributed by atoms with Crippen LogP contribution in [0.5, 0.6) is 0 Å². The van der Waals surface area contributed by atoms with Crippen molar-refractivity contribution < 1.29 is 23.9 Å². The molecule has 1 fully saturated rings. The summed E-state index contributed by atoms with van der Waals surface area (Å²) in [5.41, 5.74) is 2.13. The molecule has 0 bridgehead atoms. The van der Waals surface area contributed by atoms with Gasteiger partial charge in [-0.1, -0.05) is 0 Å². The molecule has 1 atom stereocenters. The Kier molecular flexibility index (Phi) is 9.25. The second kappa shape index (κ2) is 11.4. The number of H-pyrrole nitrogens is 1. The summed E-state index contributed by atoms with van der Waals surface area (Å²) in [7, 11) is 1.33. The average Bonchev–Trinajstić information content (AvgIpc) is 3.05. The molecule has 31 heavy (non-hydrogen) atoms. The minimum absolute atomic E-state index is 0.0232. The van der Waals surface area contributed by atoms with Crippen molar-refractivity contribution in [1.29, 1.82) is 0 Å². The summed E-state index contributed by atoms with van der Waals surface area (Å²) in [4.78, 5) is 42.7. The molecule has 0 aliphatic carbocycles. The highest BCUT2D eigenvalue weighted by Crippen LogP contribution is 2.24. The lowest BCUT2D eigenvalue weighted by molar-refractivity contribution is -0.126. The standard InChI is InChI=1S/C23H37N3O5/c1-14(2)31-13-7-10-24-22(28)18-8-11-26(12-9-18)17(5)21(27)20-15(3)19(16(4)25-20)23(29)30-6/h14,17-18,25H,7-13H2,1-6H3,(H,24,28). The molecule has 0 aromatic carbocycles. The van der Waals surface area contributed by atoms with Crippen molar-refractivity contribution in [1.82, 2.24) is 15.2 Å². The Morgan fingerprint density at radius 2 is 1.81 bits per heavy atom. The van der Waals surface area contributed by atoms with Crippen LogP contribution in [0.2, 0.25) is 0 Å². The number of amides is 1. The van der Waals surface area contributed by atoms with Crippen LogP contribution in [0.3, 0.4) is 0 Å². The Morgan fingerprint density at radius 1 is 1.16 bits per heavy atom. The maximum atomic E-state index is 13.1. The summed E-state index contributed by atoms with van der Waals surface area (Å²) in [5, 5.41) is 3.00. The number of rotatable bonds is 10. The number of nitrogens with zero attached hydrogens (tertiary/aromatic N) is 1. The van der Waals surface area contributed by atoms with Crippen LogP contribution in [0.25, 0.3) is 0 Å². The summed E-state index contributed by atoms with van der Waals surface area (Å²) < 4.78 is 10.3. The molecule has 1 aliphatic heterocycles. The normalized spacial score (nSPS) is 16.4. The predicted molar refractivity (Wildman–Crippen MR) is 118 cm³/mol. The second-order valence-corrected chi connectivity index (χ2v) is 8.53. The lowest BCUT2D eigenvalue weighted by Crippen LogP contribution is -2.47. The summed E-state index contributed by atoms with van der Waals surface area (Å²) >= 11 is 0. The molecule has 1 amide bonds. The first-order chi connectivity index (χ1) is 14.7. The van der Waals surface area contributed by atoms with Crippen LogP contribution in [-0.4, -0.2) is 73.0 Å². The maximum absolute atomic E-state index is 13.1. The number of ketones is 1. The lowest BCUT2D eigenvalue weighted by Gasteiger charge is -2.34. The fraction of sp³-hybridized carbons (Fsp3) is 0.696. The number of piperidine rings is 1. The van der Waals surface area contributed by atoms with Crippen LogP contribution in [0, 0.1) is 19.8 Å². The Hall–Kier alpha value is -2.19. The molecule has 1 aromatic heterocycles. The van der Waals surface area contributed by atoms with E-state index in [4.69, 9.17) is 9.47 Å². The molecule has 8 heteroatoms. The number of esters is 1. The van der Waals surface area contributed by atoms with Crippen LogP contribution in [0.4, 0.5) is 0 Å². The van der Waals surface area contributed by atoms with Crippen LogP contribution >= 0.6 is 0 Å². The number of likely N-dealkylation sites (tertiary alicyclic amines) is 1. The monoisotopic (exact) mass is 435 g/mol. The number of carbonyl (C=O) groups is 3. The number of aryl methyl sites for hydroxylation is 1. The van der Waals surface area contributed by atoms with Gasteiger partial charge in [-0.2, -0.15) is 0 Å². The van der Waals surface area contributed by atoms with E-state index in [1.54, 1.807) is 13.8 Å². The van der Waals surface area contributed by atoms with Crippen LogP contribution in [-0.2, 0) is 14.3 Å². The van der Waals surface area contributed by atoms with Crippen molar-refractivity contribution in [2.75, 3.05) is 33.4 Å². The van der Waals surface area contributed by atoms with E-state index in [0.717, 1.165) is 19.3 Å². The average molecular weight is 436 g/mol. The van der Waals surface area contributed by atoms with E-state index in [9.17, 15) is 14.4 Å². The topological polar surface area (TPSA) is 101 Å². The van der Waals surface area contributed by atoms with Gasteiger partial charge in [-0.15, -0.1) is 0 Å². The molecular weight excluding hydrogens is 398 g/mol. The molecular formula is C23H37N3O5. The van der Waals surface area contributed by atoms with Gasteiger partial charge in [0.2, 0.25) is 5.91 Å². The van der Waals surface area contributed by atoms with Crippen LogP contribution in [0.15, 0.2) is 0 Å². The lowest BCUT2D eigenvalue weighted by atomic mass is 9.93. The second-order valence-electron chi connectivity index (χ2n) is 8.53. The highest BCUT2D eigenvalue weighted by Gasteiger charge is 2.32. The van der Waals surface area contributed by atoms with Crippen molar-refractivity contribution in [3.05, 3.63) is 22.5 Å². The minimum Gasteiger partial charge on any atom is -0.465 e. The molecule has 2 rings (SSSR count). The zero-order valence-electron chi connectivity index (χ0n) is 19.7. The van der Waals surface area contributed by atoms with Crippen LogP contribution in [0.1, 0.15) is 72.1 Å². The number of hydrogen-bond donors (Lipinski definition) is 2.